The molecule has 0 fully saturated rings. The van der Waals surface area contributed by atoms with Crippen molar-refractivity contribution in [2.75, 3.05) is 0 Å². The number of nitrogens with one attached hydrogen (secondary N) is 1. The van der Waals surface area contributed by atoms with Crippen LogP contribution in [-0.4, -0.2) is 11.0 Å². The molecule has 1 aromatic carbocycles. The molecule has 3 rings (SSSR count). The van der Waals surface area contributed by atoms with Crippen molar-refractivity contribution in [2.24, 2.45) is 0 Å². The third-order valence-electron chi connectivity index (χ3n) is 3.81. The molecule has 2 atom stereocenters. The Morgan fingerprint density at radius 1 is 1.17 bits per heavy atom. The number of aromatic nitrogens is 1. The highest BCUT2D eigenvalue weighted by Gasteiger charge is 2.46. The first kappa shape index (κ1) is 15.5. The molecule has 0 unspecified atom stereocenters. The minimum Gasteiger partial charge on any atom is -0.494 e. The van der Waals surface area contributed by atoms with Gasteiger partial charge in [-0.1, -0.05) is 24.3 Å². The van der Waals surface area contributed by atoms with E-state index >= 15 is 0 Å². The van der Waals surface area contributed by atoms with Gasteiger partial charge >= 0.3 is 0 Å². The highest BCUT2D eigenvalue weighted by molar-refractivity contribution is 14.1. The summed E-state index contributed by atoms with van der Waals surface area (Å²) < 4.78 is 2.69. The minimum absolute atomic E-state index is 0.162. The normalized spacial score (nSPS) is 20.8. The molecule has 1 amide bonds. The van der Waals surface area contributed by atoms with Crippen LogP contribution < -0.4 is 9.88 Å². The number of carbonyl (C=O) groups is 1. The maximum Gasteiger partial charge on any atom is 0.296 e. The second-order valence-electron chi connectivity index (χ2n) is 5.13. The average Bonchev–Trinajstić information content (AvgIpc) is 2.55. The molecule has 2 N–H and O–H groups in total. The van der Waals surface area contributed by atoms with Gasteiger partial charge in [0.2, 0.25) is 11.9 Å². The Bertz CT molecular complexity index is 827. The van der Waals surface area contributed by atoms with Crippen molar-refractivity contribution < 1.29 is 14.5 Å². The SMILES string of the molecule is N#CC1=C(O)NC(=O)[C@@H]([n+]2ccccc2)[C@@H]1c1ccccc1I. The van der Waals surface area contributed by atoms with E-state index in [1.807, 2.05) is 48.5 Å². The van der Waals surface area contributed by atoms with Gasteiger partial charge in [0.15, 0.2) is 12.4 Å². The number of allylic oxidation sites excluding steroid dienone is 1. The molecule has 0 aliphatic carbocycles. The molecule has 114 valence electrons. The molecule has 1 aliphatic heterocycles. The zero-order valence-electron chi connectivity index (χ0n) is 12.0. The molecule has 0 spiro atoms. The van der Waals surface area contributed by atoms with Crippen molar-refractivity contribution in [3.8, 4) is 6.07 Å². The zero-order valence-corrected chi connectivity index (χ0v) is 14.1. The predicted octanol–water partition coefficient (Wildman–Crippen LogP) is 2.33. The Labute approximate surface area is 147 Å². The van der Waals surface area contributed by atoms with Crippen molar-refractivity contribution in [3.05, 3.63) is 75.4 Å². The molecule has 1 aliphatic rings. The number of benzene rings is 1. The Morgan fingerprint density at radius 3 is 2.52 bits per heavy atom. The van der Waals surface area contributed by atoms with Gasteiger partial charge in [-0.25, -0.2) is 0 Å². The van der Waals surface area contributed by atoms with Crippen molar-refractivity contribution in [1.82, 2.24) is 5.32 Å². The fourth-order valence-corrected chi connectivity index (χ4v) is 3.52. The van der Waals surface area contributed by atoms with Gasteiger partial charge in [-0.2, -0.15) is 9.83 Å². The van der Waals surface area contributed by atoms with Crippen LogP contribution in [0.3, 0.4) is 0 Å². The van der Waals surface area contributed by atoms with Crippen LogP contribution in [0, 0.1) is 14.9 Å². The molecule has 6 heteroatoms. The van der Waals surface area contributed by atoms with Gasteiger partial charge in [0, 0.05) is 15.7 Å². The predicted molar refractivity (Wildman–Crippen MR) is 91.0 cm³/mol. The number of nitrogens with zero attached hydrogens (tertiary/aromatic N) is 2. The van der Waals surface area contributed by atoms with E-state index in [1.165, 1.54) is 0 Å². The number of amides is 1. The second-order valence-corrected chi connectivity index (χ2v) is 6.29. The fraction of sp³-hybridized carbons (Fsp3) is 0.118. The highest BCUT2D eigenvalue weighted by Crippen LogP contribution is 2.38. The van der Waals surface area contributed by atoms with Gasteiger partial charge in [-0.15, -0.1) is 0 Å². The van der Waals surface area contributed by atoms with Gasteiger partial charge in [0.25, 0.3) is 5.91 Å². The highest BCUT2D eigenvalue weighted by atomic mass is 127. The molecule has 0 saturated heterocycles. The average molecular weight is 418 g/mol. The summed E-state index contributed by atoms with van der Waals surface area (Å²) in [6.07, 6.45) is 3.56. The Balaban J connectivity index is 2.23. The largest absolute Gasteiger partial charge is 0.494 e. The number of rotatable bonds is 2. The van der Waals surface area contributed by atoms with Gasteiger partial charge in [0.05, 0.1) is 5.92 Å². The summed E-state index contributed by atoms with van der Waals surface area (Å²) in [5.41, 5.74) is 1.00. The number of aliphatic hydroxyl groups is 1. The monoisotopic (exact) mass is 418 g/mol. The first-order chi connectivity index (χ1) is 11.1. The topological polar surface area (TPSA) is 77.0 Å². The van der Waals surface area contributed by atoms with Crippen LogP contribution >= 0.6 is 22.6 Å². The summed E-state index contributed by atoms with van der Waals surface area (Å²) in [4.78, 5) is 12.5. The summed E-state index contributed by atoms with van der Waals surface area (Å²) in [6, 6.07) is 14.5. The van der Waals surface area contributed by atoms with E-state index < -0.39 is 12.0 Å². The van der Waals surface area contributed by atoms with E-state index in [-0.39, 0.29) is 17.4 Å². The Kier molecular flexibility index (Phi) is 4.30. The standard InChI is InChI=1S/C17H12IN3O2/c18-13-7-3-2-6-11(13)14-12(10-19)16(22)20-17(23)15(14)21-8-4-1-5-9-21/h1-9,14-15H,(H-,20,22,23)/p+1/t14-,15+/m1/s1. The number of halogens is 1. The van der Waals surface area contributed by atoms with Crippen LogP contribution in [0.1, 0.15) is 17.5 Å². The summed E-state index contributed by atoms with van der Waals surface area (Å²) in [6.45, 7) is 0. The smallest absolute Gasteiger partial charge is 0.296 e. The Morgan fingerprint density at radius 2 is 1.87 bits per heavy atom. The van der Waals surface area contributed by atoms with E-state index in [1.54, 1.807) is 17.0 Å². The van der Waals surface area contributed by atoms with Crippen LogP contribution in [-0.2, 0) is 4.79 Å². The number of aliphatic hydroxyl groups excluding tert-OH is 1. The molecular weight excluding hydrogens is 405 g/mol. The van der Waals surface area contributed by atoms with Crippen LogP contribution in [0.25, 0.3) is 0 Å². The maximum atomic E-state index is 12.5. The molecule has 1 aromatic heterocycles. The second kappa shape index (κ2) is 6.38. The van der Waals surface area contributed by atoms with Crippen LogP contribution in [0.5, 0.6) is 0 Å². The lowest BCUT2D eigenvalue weighted by Crippen LogP contribution is -2.53. The third kappa shape index (κ3) is 2.80. The van der Waals surface area contributed by atoms with Crippen molar-refractivity contribution in [1.29, 1.82) is 5.26 Å². The van der Waals surface area contributed by atoms with E-state index in [0.29, 0.717) is 0 Å². The quantitative estimate of drug-likeness (QED) is 0.581. The van der Waals surface area contributed by atoms with Gasteiger partial charge in [0.1, 0.15) is 11.6 Å². The number of carbonyl (C=O) groups excluding carboxylic acids is 1. The van der Waals surface area contributed by atoms with Crippen molar-refractivity contribution in [3.63, 3.8) is 0 Å². The van der Waals surface area contributed by atoms with Crippen LogP contribution in [0.2, 0.25) is 0 Å². The van der Waals surface area contributed by atoms with Crippen molar-refractivity contribution >= 4 is 28.5 Å². The van der Waals surface area contributed by atoms with E-state index in [4.69, 9.17) is 0 Å². The first-order valence-electron chi connectivity index (χ1n) is 6.97. The van der Waals surface area contributed by atoms with Gasteiger partial charge in [-0.3, -0.25) is 10.1 Å². The molecule has 2 aromatic rings. The molecular formula is C17H13IN3O2+. The van der Waals surface area contributed by atoms with E-state index in [2.05, 4.69) is 27.9 Å². The molecule has 5 nitrogen and oxygen atoms in total. The molecule has 0 bridgehead atoms. The first-order valence-corrected chi connectivity index (χ1v) is 8.05. The third-order valence-corrected chi connectivity index (χ3v) is 4.80. The van der Waals surface area contributed by atoms with Gasteiger partial charge < -0.3 is 5.11 Å². The van der Waals surface area contributed by atoms with E-state index in [0.717, 1.165) is 9.13 Å². The van der Waals surface area contributed by atoms with E-state index in [9.17, 15) is 15.2 Å². The summed E-state index contributed by atoms with van der Waals surface area (Å²) in [7, 11) is 0. The lowest BCUT2D eigenvalue weighted by Gasteiger charge is -2.27. The number of hydrogen-bond acceptors (Lipinski definition) is 3. The zero-order chi connectivity index (χ0) is 16.4. The van der Waals surface area contributed by atoms with Crippen LogP contribution in [0.4, 0.5) is 0 Å². The fourth-order valence-electron chi connectivity index (χ4n) is 2.79. The van der Waals surface area contributed by atoms with Crippen LogP contribution in [0.15, 0.2) is 66.3 Å². The molecule has 0 saturated carbocycles. The lowest BCUT2D eigenvalue weighted by molar-refractivity contribution is -0.711. The number of hydrogen-bond donors (Lipinski definition) is 2. The molecule has 23 heavy (non-hydrogen) atoms. The van der Waals surface area contributed by atoms with Crippen molar-refractivity contribution in [2.45, 2.75) is 12.0 Å². The molecule has 0 radical (unpaired) electrons. The minimum atomic E-state index is -0.641. The summed E-state index contributed by atoms with van der Waals surface area (Å²) >= 11 is 2.18. The van der Waals surface area contributed by atoms with Gasteiger partial charge in [-0.05, 0) is 34.2 Å². The number of nitriles is 1. The lowest BCUT2D eigenvalue weighted by atomic mass is 9.82. The maximum absolute atomic E-state index is 12.5. The Hall–Kier alpha value is -2.40. The number of pyridine rings is 1. The molecule has 2 heterocycles. The summed E-state index contributed by atoms with van der Waals surface area (Å²) in [5.74, 6) is -1.26. The summed E-state index contributed by atoms with van der Waals surface area (Å²) in [5, 5.41) is 21.9.